The van der Waals surface area contributed by atoms with Gasteiger partial charge in [-0.1, -0.05) is 6.42 Å². The van der Waals surface area contributed by atoms with E-state index in [-0.39, 0.29) is 17.5 Å². The predicted molar refractivity (Wildman–Crippen MR) is 51.3 cm³/mol. The van der Waals surface area contributed by atoms with Crippen LogP contribution >= 0.6 is 0 Å². The highest BCUT2D eigenvalue weighted by atomic mass is 16.4. The molecule has 1 aliphatic rings. The number of carbonyl (C=O) groups is 1. The summed E-state index contributed by atoms with van der Waals surface area (Å²) in [4.78, 5) is 22.1. The van der Waals surface area contributed by atoms with Crippen molar-refractivity contribution in [1.29, 1.82) is 0 Å². The van der Waals surface area contributed by atoms with Gasteiger partial charge in [-0.25, -0.2) is 9.89 Å². The first kappa shape index (κ1) is 9.95. The summed E-state index contributed by atoms with van der Waals surface area (Å²) in [6.07, 6.45) is 3.93. The summed E-state index contributed by atoms with van der Waals surface area (Å²) in [7, 11) is 0. The number of aromatic amines is 1. The van der Waals surface area contributed by atoms with E-state index in [0.717, 1.165) is 12.8 Å². The molecule has 2 N–H and O–H groups in total. The van der Waals surface area contributed by atoms with Crippen molar-refractivity contribution in [2.75, 3.05) is 0 Å². The van der Waals surface area contributed by atoms with Gasteiger partial charge in [0, 0.05) is 6.54 Å². The normalized spacial score (nSPS) is 25.6. The van der Waals surface area contributed by atoms with Crippen LogP contribution in [-0.2, 0) is 11.3 Å². The number of nitrogens with one attached hydrogen (secondary N) is 1. The monoisotopic (exact) mass is 211 g/mol. The van der Waals surface area contributed by atoms with E-state index in [0.29, 0.717) is 13.0 Å². The number of carboxylic acid groups (broad SMARTS) is 1. The van der Waals surface area contributed by atoms with Crippen LogP contribution in [0, 0.1) is 11.8 Å². The maximum Gasteiger partial charge on any atom is 0.343 e. The lowest BCUT2D eigenvalue weighted by Gasteiger charge is -2.14. The van der Waals surface area contributed by atoms with Crippen molar-refractivity contribution in [1.82, 2.24) is 14.8 Å². The van der Waals surface area contributed by atoms with Gasteiger partial charge in [-0.3, -0.25) is 9.36 Å². The molecule has 1 fully saturated rings. The van der Waals surface area contributed by atoms with Gasteiger partial charge >= 0.3 is 11.7 Å². The molecule has 0 spiro atoms. The van der Waals surface area contributed by atoms with Gasteiger partial charge in [0.2, 0.25) is 0 Å². The number of carboxylic acids is 1. The van der Waals surface area contributed by atoms with Crippen molar-refractivity contribution in [2.24, 2.45) is 11.8 Å². The average Bonchev–Trinajstić information content (AvgIpc) is 2.77. The lowest BCUT2D eigenvalue weighted by Crippen LogP contribution is -2.26. The molecular formula is C9H13N3O3. The number of aliphatic carboxylic acids is 1. The van der Waals surface area contributed by atoms with E-state index >= 15 is 0 Å². The molecule has 2 rings (SSSR count). The molecular weight excluding hydrogens is 198 g/mol. The van der Waals surface area contributed by atoms with Crippen LogP contribution in [0.4, 0.5) is 0 Å². The third-order valence-electron chi connectivity index (χ3n) is 3.03. The van der Waals surface area contributed by atoms with Gasteiger partial charge in [0.15, 0.2) is 0 Å². The SMILES string of the molecule is O=C(O)C1CCCC1Cn1cn[nH]c1=O. The van der Waals surface area contributed by atoms with Crippen LogP contribution in [0.25, 0.3) is 0 Å². The molecule has 0 aliphatic heterocycles. The number of nitrogens with zero attached hydrogens (tertiary/aromatic N) is 2. The summed E-state index contributed by atoms with van der Waals surface area (Å²) < 4.78 is 1.44. The Morgan fingerprint density at radius 3 is 3.07 bits per heavy atom. The fraction of sp³-hybridized carbons (Fsp3) is 0.667. The van der Waals surface area contributed by atoms with Crippen molar-refractivity contribution >= 4 is 5.97 Å². The standard InChI is InChI=1S/C9H13N3O3/c13-8(14)7-3-1-2-6(7)4-12-5-10-11-9(12)15/h5-7H,1-4H2,(H,11,15)(H,13,14). The zero-order valence-corrected chi connectivity index (χ0v) is 8.22. The Morgan fingerprint density at radius 2 is 2.47 bits per heavy atom. The Labute approximate surface area is 85.9 Å². The van der Waals surface area contributed by atoms with E-state index in [4.69, 9.17) is 5.11 Å². The average molecular weight is 211 g/mol. The van der Waals surface area contributed by atoms with E-state index in [2.05, 4.69) is 10.2 Å². The molecule has 1 aromatic rings. The second kappa shape index (κ2) is 3.88. The van der Waals surface area contributed by atoms with E-state index < -0.39 is 5.97 Å². The van der Waals surface area contributed by atoms with Crippen molar-refractivity contribution in [3.05, 3.63) is 16.8 Å². The topological polar surface area (TPSA) is 88.0 Å². The van der Waals surface area contributed by atoms with Crippen molar-refractivity contribution in [3.8, 4) is 0 Å². The van der Waals surface area contributed by atoms with Crippen LogP contribution in [0.5, 0.6) is 0 Å². The predicted octanol–water partition coefficient (Wildman–Crippen LogP) is 0.0723. The summed E-state index contributed by atoms with van der Waals surface area (Å²) >= 11 is 0. The first-order valence-electron chi connectivity index (χ1n) is 5.01. The Hall–Kier alpha value is -1.59. The van der Waals surface area contributed by atoms with Gasteiger partial charge in [0.25, 0.3) is 0 Å². The number of H-pyrrole nitrogens is 1. The third-order valence-corrected chi connectivity index (χ3v) is 3.03. The van der Waals surface area contributed by atoms with Crippen LogP contribution in [-0.4, -0.2) is 25.8 Å². The second-order valence-corrected chi connectivity index (χ2v) is 3.95. The van der Waals surface area contributed by atoms with Crippen LogP contribution in [0.3, 0.4) is 0 Å². The lowest BCUT2D eigenvalue weighted by atomic mass is 9.96. The lowest BCUT2D eigenvalue weighted by molar-refractivity contribution is -0.143. The number of rotatable bonds is 3. The zero-order chi connectivity index (χ0) is 10.8. The van der Waals surface area contributed by atoms with Gasteiger partial charge in [-0.15, -0.1) is 0 Å². The first-order chi connectivity index (χ1) is 7.18. The molecule has 1 aliphatic carbocycles. The molecule has 1 saturated carbocycles. The molecule has 0 bridgehead atoms. The Morgan fingerprint density at radius 1 is 1.67 bits per heavy atom. The van der Waals surface area contributed by atoms with E-state index in [1.807, 2.05) is 0 Å². The number of hydrogen-bond acceptors (Lipinski definition) is 3. The molecule has 0 saturated heterocycles. The van der Waals surface area contributed by atoms with E-state index in [9.17, 15) is 9.59 Å². The molecule has 1 heterocycles. The van der Waals surface area contributed by atoms with Gasteiger partial charge < -0.3 is 5.11 Å². The molecule has 1 aromatic heterocycles. The number of hydrogen-bond donors (Lipinski definition) is 2. The highest BCUT2D eigenvalue weighted by Gasteiger charge is 2.33. The Balaban J connectivity index is 2.09. The third kappa shape index (κ3) is 1.93. The molecule has 0 aromatic carbocycles. The summed E-state index contributed by atoms with van der Waals surface area (Å²) in [5.74, 6) is -1.02. The quantitative estimate of drug-likeness (QED) is 0.740. The molecule has 2 unspecified atom stereocenters. The Bertz CT molecular complexity index is 409. The van der Waals surface area contributed by atoms with Gasteiger partial charge in [0.1, 0.15) is 6.33 Å². The molecule has 82 valence electrons. The van der Waals surface area contributed by atoms with Crippen molar-refractivity contribution in [2.45, 2.75) is 25.8 Å². The second-order valence-electron chi connectivity index (χ2n) is 3.95. The molecule has 15 heavy (non-hydrogen) atoms. The van der Waals surface area contributed by atoms with Crippen LogP contribution < -0.4 is 5.69 Å². The zero-order valence-electron chi connectivity index (χ0n) is 8.22. The molecule has 6 nitrogen and oxygen atoms in total. The highest BCUT2D eigenvalue weighted by molar-refractivity contribution is 5.70. The minimum Gasteiger partial charge on any atom is -0.481 e. The van der Waals surface area contributed by atoms with Gasteiger partial charge in [0.05, 0.1) is 5.92 Å². The summed E-state index contributed by atoms with van der Waals surface area (Å²) in [6.45, 7) is 0.451. The highest BCUT2D eigenvalue weighted by Crippen LogP contribution is 2.32. The molecule has 0 amide bonds. The first-order valence-corrected chi connectivity index (χ1v) is 5.01. The van der Waals surface area contributed by atoms with Crippen molar-refractivity contribution < 1.29 is 9.90 Å². The minimum atomic E-state index is -0.756. The number of aromatic nitrogens is 3. The van der Waals surface area contributed by atoms with Crippen LogP contribution in [0.15, 0.2) is 11.1 Å². The molecule has 2 atom stereocenters. The Kier molecular flexibility index (Phi) is 2.57. The molecule has 0 radical (unpaired) electrons. The van der Waals surface area contributed by atoms with E-state index in [1.165, 1.54) is 10.9 Å². The summed E-state index contributed by atoms with van der Waals surface area (Å²) in [6, 6.07) is 0. The maximum atomic E-state index is 11.2. The van der Waals surface area contributed by atoms with Crippen molar-refractivity contribution in [3.63, 3.8) is 0 Å². The van der Waals surface area contributed by atoms with Gasteiger partial charge in [-0.2, -0.15) is 5.10 Å². The fourth-order valence-electron chi connectivity index (χ4n) is 2.23. The largest absolute Gasteiger partial charge is 0.481 e. The maximum absolute atomic E-state index is 11.2. The van der Waals surface area contributed by atoms with E-state index in [1.54, 1.807) is 0 Å². The van der Waals surface area contributed by atoms with Crippen LogP contribution in [0.1, 0.15) is 19.3 Å². The van der Waals surface area contributed by atoms with Gasteiger partial charge in [-0.05, 0) is 18.8 Å². The molecule has 6 heteroatoms. The van der Waals surface area contributed by atoms with Crippen LogP contribution in [0.2, 0.25) is 0 Å². The summed E-state index contributed by atoms with van der Waals surface area (Å²) in [5, 5.41) is 14.9. The summed E-state index contributed by atoms with van der Waals surface area (Å²) in [5.41, 5.74) is -0.272. The smallest absolute Gasteiger partial charge is 0.343 e. The fourth-order valence-corrected chi connectivity index (χ4v) is 2.23. The minimum absolute atomic E-state index is 0.0535.